The van der Waals surface area contributed by atoms with Crippen LogP contribution in [-0.2, 0) is 0 Å². The van der Waals surface area contributed by atoms with Gasteiger partial charge in [0, 0.05) is 2.74 Å². The molecule has 0 amide bonds. The van der Waals surface area contributed by atoms with Crippen LogP contribution in [-0.4, -0.2) is 0 Å². The smallest absolute Gasteiger partial charge is 0.0267 e. The van der Waals surface area contributed by atoms with E-state index in [1.165, 1.54) is 0 Å². The first-order chi connectivity index (χ1) is 3.30. The molecule has 0 aromatic heterocycles. The Kier molecular flexibility index (Phi) is 0.470. The molecule has 1 saturated carbocycles. The van der Waals surface area contributed by atoms with Crippen molar-refractivity contribution in [1.29, 1.82) is 0 Å². The zero-order valence-corrected chi connectivity index (χ0v) is 3.28. The monoisotopic (exact) mass is 74.1 g/mol. The van der Waals surface area contributed by atoms with Gasteiger partial charge in [-0.15, -0.1) is 0 Å². The van der Waals surface area contributed by atoms with E-state index in [2.05, 4.69) is 0 Å². The van der Waals surface area contributed by atoms with Crippen LogP contribution < -0.4 is 0 Å². The standard InChI is InChI=1S/C5H10/c1-2-4-5-3-1/h1-5H2/i1T,2T. The molecule has 0 radical (unpaired) electrons. The van der Waals surface area contributed by atoms with Crippen molar-refractivity contribution < 1.29 is 2.74 Å². The summed E-state index contributed by atoms with van der Waals surface area (Å²) in [6.45, 7) is 0. The second-order valence-electron chi connectivity index (χ2n) is 1.40. The highest BCUT2D eigenvalue weighted by atomic mass is 14.0. The van der Waals surface area contributed by atoms with Gasteiger partial charge in [0.2, 0.25) is 0 Å². The number of hydrogen-bond donors (Lipinski definition) is 0. The molecule has 0 spiro atoms. The minimum Gasteiger partial charge on any atom is -0.0533 e. The first-order valence-corrected chi connectivity index (χ1v) is 2.15. The van der Waals surface area contributed by atoms with E-state index in [0.717, 1.165) is 19.3 Å². The van der Waals surface area contributed by atoms with Crippen LogP contribution >= 0.6 is 0 Å². The van der Waals surface area contributed by atoms with Crippen molar-refractivity contribution in [3.63, 3.8) is 0 Å². The maximum absolute atomic E-state index is 7.15. The molecule has 5 heavy (non-hydrogen) atoms. The summed E-state index contributed by atoms with van der Waals surface area (Å²) in [5.41, 5.74) is 0. The predicted octanol–water partition coefficient (Wildman–Crippen LogP) is 1.95. The van der Waals surface area contributed by atoms with Crippen LogP contribution in [0.5, 0.6) is 0 Å². The van der Waals surface area contributed by atoms with E-state index in [4.69, 9.17) is 2.74 Å². The summed E-state index contributed by atoms with van der Waals surface area (Å²) in [6.07, 6.45) is 2.87. The summed E-state index contributed by atoms with van der Waals surface area (Å²) in [5, 5.41) is 0. The van der Waals surface area contributed by atoms with Gasteiger partial charge in [-0.25, -0.2) is 0 Å². The van der Waals surface area contributed by atoms with Crippen LogP contribution in [0.4, 0.5) is 0 Å². The Morgan fingerprint density at radius 1 is 1.00 bits per heavy atom. The molecule has 0 nitrogen and oxygen atoms in total. The normalized spacial score (nSPS) is 59.2. The van der Waals surface area contributed by atoms with Crippen LogP contribution in [0.1, 0.15) is 34.8 Å². The first kappa shape index (κ1) is 1.63. The lowest BCUT2D eigenvalue weighted by Crippen LogP contribution is -1.47. The van der Waals surface area contributed by atoms with Crippen molar-refractivity contribution in [2.75, 3.05) is 0 Å². The Morgan fingerprint density at radius 2 is 1.60 bits per heavy atom. The molecular formula is C5H10. The van der Waals surface area contributed by atoms with Gasteiger partial charge in [0.25, 0.3) is 0 Å². The molecule has 2 atom stereocenters. The molecule has 0 bridgehead atoms. The molecule has 0 aliphatic heterocycles. The molecule has 0 aromatic carbocycles. The van der Waals surface area contributed by atoms with E-state index < -0.39 is 0 Å². The van der Waals surface area contributed by atoms with Crippen molar-refractivity contribution in [2.24, 2.45) is 0 Å². The van der Waals surface area contributed by atoms with Crippen molar-refractivity contribution in [3.8, 4) is 0 Å². The average Bonchev–Trinajstić information content (AvgIpc) is 1.91. The predicted molar refractivity (Wildman–Crippen MR) is 23.1 cm³/mol. The van der Waals surface area contributed by atoms with E-state index >= 15 is 0 Å². The highest BCUT2D eigenvalue weighted by Crippen LogP contribution is 2.15. The van der Waals surface area contributed by atoms with Crippen LogP contribution in [0.15, 0.2) is 0 Å². The van der Waals surface area contributed by atoms with Gasteiger partial charge in [-0.1, -0.05) is 32.1 Å². The van der Waals surface area contributed by atoms with Gasteiger partial charge in [-0.3, -0.25) is 0 Å². The highest BCUT2D eigenvalue weighted by Gasteiger charge is 1.95. The number of rotatable bonds is 0. The molecule has 1 aliphatic rings. The molecule has 0 saturated heterocycles. The molecular weight excluding hydrogens is 60.1 g/mol. The molecule has 0 aromatic rings. The van der Waals surface area contributed by atoms with E-state index in [9.17, 15) is 0 Å². The van der Waals surface area contributed by atoms with Crippen molar-refractivity contribution >= 4 is 0 Å². The van der Waals surface area contributed by atoms with E-state index in [1.807, 2.05) is 0 Å². The largest absolute Gasteiger partial charge is 0.0533 e. The van der Waals surface area contributed by atoms with E-state index in [1.54, 1.807) is 0 Å². The Balaban J connectivity index is 2.33. The summed E-state index contributed by atoms with van der Waals surface area (Å²) < 4.78 is 14.3. The van der Waals surface area contributed by atoms with Crippen LogP contribution in [0, 0.1) is 0 Å². The average molecular weight is 74.2 g/mol. The Labute approximate surface area is 36.0 Å². The minimum atomic E-state index is -0.0694. The summed E-state index contributed by atoms with van der Waals surface area (Å²) in [7, 11) is 0. The molecule has 30 valence electrons. The SMILES string of the molecule is [3H]C1CCCC1[3H]. The molecule has 0 heteroatoms. The molecule has 1 aliphatic carbocycles. The quantitative estimate of drug-likeness (QED) is 0.412. The maximum Gasteiger partial charge on any atom is 0.0267 e. The van der Waals surface area contributed by atoms with Crippen molar-refractivity contribution in [1.82, 2.24) is 0 Å². The lowest BCUT2D eigenvalue weighted by Gasteiger charge is -1.67. The van der Waals surface area contributed by atoms with Gasteiger partial charge in [0.15, 0.2) is 0 Å². The first-order valence-electron chi connectivity index (χ1n) is 3.30. The molecule has 0 heterocycles. The summed E-state index contributed by atoms with van der Waals surface area (Å²) in [5.74, 6) is 0. The van der Waals surface area contributed by atoms with E-state index in [-0.39, 0.29) is 12.8 Å². The maximum atomic E-state index is 7.15. The third kappa shape index (κ3) is 0.640. The van der Waals surface area contributed by atoms with Crippen LogP contribution in [0.25, 0.3) is 0 Å². The zero-order chi connectivity index (χ0) is 5.28. The third-order valence-corrected chi connectivity index (χ3v) is 0.908. The van der Waals surface area contributed by atoms with Gasteiger partial charge >= 0.3 is 0 Å². The summed E-state index contributed by atoms with van der Waals surface area (Å²) in [6, 6.07) is 0. The summed E-state index contributed by atoms with van der Waals surface area (Å²) >= 11 is 0. The van der Waals surface area contributed by atoms with Gasteiger partial charge in [0.1, 0.15) is 0 Å². The zero-order valence-electron chi connectivity index (χ0n) is 5.28. The van der Waals surface area contributed by atoms with Crippen molar-refractivity contribution in [3.05, 3.63) is 0 Å². The van der Waals surface area contributed by atoms with Crippen molar-refractivity contribution in [2.45, 2.75) is 32.1 Å². The highest BCUT2D eigenvalue weighted by molar-refractivity contribution is 4.51. The van der Waals surface area contributed by atoms with Gasteiger partial charge in [0.05, 0.1) is 0 Å². The van der Waals surface area contributed by atoms with Gasteiger partial charge in [-0.05, 0) is 0 Å². The van der Waals surface area contributed by atoms with Crippen LogP contribution in [0.3, 0.4) is 0 Å². The van der Waals surface area contributed by atoms with Gasteiger partial charge < -0.3 is 0 Å². The summed E-state index contributed by atoms with van der Waals surface area (Å²) in [4.78, 5) is 0. The Hall–Kier alpha value is 0. The second kappa shape index (κ2) is 1.44. The molecule has 1 rings (SSSR count). The Bertz CT molecular complexity index is 55.1. The minimum absolute atomic E-state index is 0.0694. The lowest BCUT2D eigenvalue weighted by atomic mass is 10.4. The van der Waals surface area contributed by atoms with Crippen LogP contribution in [0.2, 0.25) is 0 Å². The van der Waals surface area contributed by atoms with Gasteiger partial charge in [-0.2, -0.15) is 0 Å². The molecule has 2 unspecified atom stereocenters. The third-order valence-electron chi connectivity index (χ3n) is 0.908. The lowest BCUT2D eigenvalue weighted by molar-refractivity contribution is 0.886. The fourth-order valence-electron chi connectivity index (χ4n) is 0.589. The molecule has 1 fully saturated rings. The Morgan fingerprint density at radius 3 is 1.80 bits per heavy atom. The fourth-order valence-corrected chi connectivity index (χ4v) is 0.589. The number of hydrogen-bond acceptors (Lipinski definition) is 0. The fraction of sp³-hybridized carbons (Fsp3) is 1.00. The second-order valence-corrected chi connectivity index (χ2v) is 1.40. The van der Waals surface area contributed by atoms with E-state index in [0.29, 0.717) is 0 Å². The molecule has 0 N–H and O–H groups in total. The topological polar surface area (TPSA) is 0 Å².